The van der Waals surface area contributed by atoms with E-state index in [1.807, 2.05) is 0 Å². The van der Waals surface area contributed by atoms with E-state index >= 15 is 0 Å². The predicted octanol–water partition coefficient (Wildman–Crippen LogP) is -1.78. The van der Waals surface area contributed by atoms with Crippen LogP contribution in [0.1, 0.15) is 25.8 Å². The number of rotatable bonds is 13. The number of hydrogen-bond donors (Lipinski definition) is 7. The van der Waals surface area contributed by atoms with Crippen LogP contribution in [0.2, 0.25) is 0 Å². The number of carbonyl (C=O) groups excluding carboxylic acids is 3. The van der Waals surface area contributed by atoms with Crippen LogP contribution in [0, 0.1) is 5.92 Å². The Hall–Kier alpha value is -3.51. The SMILES string of the molecule is CC(C)C(N)C(=O)NC(CC(=O)O)C(=O)NC(CO)C(=O)NC(Cc1ccccc1)C(=O)O. The van der Waals surface area contributed by atoms with Gasteiger partial charge in [0.05, 0.1) is 19.1 Å². The molecule has 0 fully saturated rings. The maximum absolute atomic E-state index is 12.6. The minimum atomic E-state index is -1.58. The molecule has 0 heterocycles. The molecule has 12 nitrogen and oxygen atoms in total. The minimum Gasteiger partial charge on any atom is -0.481 e. The predicted molar refractivity (Wildman–Crippen MR) is 116 cm³/mol. The Bertz CT molecular complexity index is 846. The number of carboxylic acids is 2. The van der Waals surface area contributed by atoms with Gasteiger partial charge in [-0.25, -0.2) is 4.79 Å². The summed E-state index contributed by atoms with van der Waals surface area (Å²) in [5.74, 6) is -5.81. The van der Waals surface area contributed by atoms with Crippen LogP contribution >= 0.6 is 0 Å². The summed E-state index contributed by atoms with van der Waals surface area (Å²) >= 11 is 0. The molecule has 1 rings (SSSR count). The molecule has 3 amide bonds. The van der Waals surface area contributed by atoms with E-state index in [2.05, 4.69) is 16.0 Å². The van der Waals surface area contributed by atoms with Crippen LogP contribution in [0.4, 0.5) is 0 Å². The van der Waals surface area contributed by atoms with Crippen LogP contribution in [0.25, 0.3) is 0 Å². The summed E-state index contributed by atoms with van der Waals surface area (Å²) in [6.07, 6.45) is -0.841. The molecule has 0 aliphatic rings. The highest BCUT2D eigenvalue weighted by Crippen LogP contribution is 2.05. The maximum Gasteiger partial charge on any atom is 0.326 e. The Kier molecular flexibility index (Phi) is 11.0. The van der Waals surface area contributed by atoms with E-state index in [9.17, 15) is 34.2 Å². The first-order valence-corrected chi connectivity index (χ1v) is 10.2. The zero-order valence-corrected chi connectivity index (χ0v) is 18.4. The van der Waals surface area contributed by atoms with Gasteiger partial charge >= 0.3 is 11.9 Å². The number of carbonyl (C=O) groups is 5. The summed E-state index contributed by atoms with van der Waals surface area (Å²) in [4.78, 5) is 59.9. The zero-order valence-electron chi connectivity index (χ0n) is 18.4. The summed E-state index contributed by atoms with van der Waals surface area (Å²) in [5.41, 5.74) is 6.35. The molecule has 4 atom stereocenters. The Morgan fingerprint density at radius 2 is 1.36 bits per heavy atom. The molecule has 0 spiro atoms. The summed E-state index contributed by atoms with van der Waals surface area (Å²) in [6.45, 7) is 2.43. The average molecular weight is 466 g/mol. The van der Waals surface area contributed by atoms with Crippen molar-refractivity contribution in [1.82, 2.24) is 16.0 Å². The lowest BCUT2D eigenvalue weighted by Crippen LogP contribution is -2.59. The maximum atomic E-state index is 12.6. The summed E-state index contributed by atoms with van der Waals surface area (Å²) in [5, 5.41) is 34.6. The van der Waals surface area contributed by atoms with Crippen LogP contribution in [0.15, 0.2) is 30.3 Å². The first-order valence-electron chi connectivity index (χ1n) is 10.2. The lowest BCUT2D eigenvalue weighted by atomic mass is 10.0. The fraction of sp³-hybridized carbons (Fsp3) is 0.476. The number of benzene rings is 1. The largest absolute Gasteiger partial charge is 0.481 e. The van der Waals surface area contributed by atoms with Crippen LogP contribution in [-0.2, 0) is 30.4 Å². The van der Waals surface area contributed by atoms with Crippen LogP contribution < -0.4 is 21.7 Å². The number of aliphatic hydroxyl groups excluding tert-OH is 1. The Morgan fingerprint density at radius 3 is 1.85 bits per heavy atom. The van der Waals surface area contributed by atoms with Crippen molar-refractivity contribution in [2.45, 2.75) is 50.9 Å². The lowest BCUT2D eigenvalue weighted by Gasteiger charge is -2.24. The molecule has 0 radical (unpaired) electrons. The molecule has 12 heteroatoms. The van der Waals surface area contributed by atoms with Crippen molar-refractivity contribution in [3.63, 3.8) is 0 Å². The highest BCUT2D eigenvalue weighted by molar-refractivity contribution is 5.95. The molecule has 1 aromatic carbocycles. The van der Waals surface area contributed by atoms with Crippen LogP contribution in [0.3, 0.4) is 0 Å². The van der Waals surface area contributed by atoms with E-state index in [-0.39, 0.29) is 12.3 Å². The van der Waals surface area contributed by atoms with Crippen molar-refractivity contribution in [3.8, 4) is 0 Å². The number of carboxylic acid groups (broad SMARTS) is 2. The van der Waals surface area contributed by atoms with Crippen LogP contribution in [-0.4, -0.2) is 75.8 Å². The van der Waals surface area contributed by atoms with Gasteiger partial charge < -0.3 is 37.0 Å². The van der Waals surface area contributed by atoms with Gasteiger partial charge in [0.2, 0.25) is 17.7 Å². The Balaban J connectivity index is 2.88. The summed E-state index contributed by atoms with van der Waals surface area (Å²) in [6, 6.07) is 3.01. The fourth-order valence-electron chi connectivity index (χ4n) is 2.74. The topological polar surface area (TPSA) is 208 Å². The number of nitrogens with one attached hydrogen (secondary N) is 3. The third-order valence-corrected chi connectivity index (χ3v) is 4.75. The molecule has 0 aliphatic carbocycles. The third-order valence-electron chi connectivity index (χ3n) is 4.75. The number of aliphatic hydroxyl groups is 1. The molecule has 0 saturated heterocycles. The number of nitrogens with two attached hydrogens (primary N) is 1. The van der Waals surface area contributed by atoms with Crippen molar-refractivity contribution < 1.29 is 39.3 Å². The van der Waals surface area contributed by atoms with Gasteiger partial charge in [-0.05, 0) is 11.5 Å². The van der Waals surface area contributed by atoms with Gasteiger partial charge in [0, 0.05) is 6.42 Å². The van der Waals surface area contributed by atoms with E-state index < -0.39 is 66.9 Å². The molecule has 182 valence electrons. The minimum absolute atomic E-state index is 0.0429. The van der Waals surface area contributed by atoms with Crippen molar-refractivity contribution in [2.24, 2.45) is 11.7 Å². The van der Waals surface area contributed by atoms with Crippen LogP contribution in [0.5, 0.6) is 0 Å². The third kappa shape index (κ3) is 9.25. The summed E-state index contributed by atoms with van der Waals surface area (Å²) in [7, 11) is 0. The van der Waals surface area contributed by atoms with E-state index in [1.54, 1.807) is 44.2 Å². The van der Waals surface area contributed by atoms with Crippen molar-refractivity contribution in [1.29, 1.82) is 0 Å². The van der Waals surface area contributed by atoms with Gasteiger partial charge in [-0.2, -0.15) is 0 Å². The first kappa shape index (κ1) is 27.5. The molecule has 0 bridgehead atoms. The molecule has 0 aromatic heterocycles. The van der Waals surface area contributed by atoms with Gasteiger partial charge in [0.1, 0.15) is 18.1 Å². The second kappa shape index (κ2) is 13.1. The van der Waals surface area contributed by atoms with E-state index in [4.69, 9.17) is 10.8 Å². The van der Waals surface area contributed by atoms with Gasteiger partial charge in [-0.3, -0.25) is 19.2 Å². The molecule has 33 heavy (non-hydrogen) atoms. The fourth-order valence-corrected chi connectivity index (χ4v) is 2.74. The van der Waals surface area contributed by atoms with Gasteiger partial charge in [0.15, 0.2) is 0 Å². The molecule has 4 unspecified atom stereocenters. The Labute approximate surface area is 190 Å². The van der Waals surface area contributed by atoms with Crippen molar-refractivity contribution >= 4 is 29.7 Å². The highest BCUT2D eigenvalue weighted by atomic mass is 16.4. The molecular formula is C21H30N4O8. The monoisotopic (exact) mass is 466 g/mol. The van der Waals surface area contributed by atoms with E-state index in [0.29, 0.717) is 5.56 Å². The zero-order chi connectivity index (χ0) is 25.1. The molecule has 0 saturated carbocycles. The normalized spacial score (nSPS) is 14.5. The van der Waals surface area contributed by atoms with Gasteiger partial charge in [-0.1, -0.05) is 44.2 Å². The van der Waals surface area contributed by atoms with Crippen molar-refractivity contribution in [3.05, 3.63) is 35.9 Å². The van der Waals surface area contributed by atoms with Gasteiger partial charge in [0.25, 0.3) is 0 Å². The average Bonchev–Trinajstić information content (AvgIpc) is 2.75. The molecule has 0 aliphatic heterocycles. The lowest BCUT2D eigenvalue weighted by molar-refractivity contribution is -0.143. The smallest absolute Gasteiger partial charge is 0.326 e. The number of amides is 3. The van der Waals surface area contributed by atoms with E-state index in [1.165, 1.54) is 0 Å². The number of hydrogen-bond acceptors (Lipinski definition) is 7. The first-order chi connectivity index (χ1) is 15.5. The Morgan fingerprint density at radius 1 is 0.848 bits per heavy atom. The van der Waals surface area contributed by atoms with Gasteiger partial charge in [-0.15, -0.1) is 0 Å². The standard InChI is InChI=1S/C21H30N4O8/c1-11(2)17(22)20(31)23-13(9-16(27)28)18(29)25-15(10-26)19(30)24-14(21(32)33)8-12-6-4-3-5-7-12/h3-7,11,13-15,17,26H,8-10,22H2,1-2H3,(H,23,31)(H,24,30)(H,25,29)(H,27,28)(H,32,33). The van der Waals surface area contributed by atoms with E-state index in [0.717, 1.165) is 0 Å². The summed E-state index contributed by atoms with van der Waals surface area (Å²) < 4.78 is 0. The number of aliphatic carboxylic acids is 2. The molecule has 8 N–H and O–H groups in total. The molecule has 1 aromatic rings. The second-order valence-electron chi connectivity index (χ2n) is 7.76. The van der Waals surface area contributed by atoms with Crippen molar-refractivity contribution in [2.75, 3.05) is 6.61 Å². The quantitative estimate of drug-likeness (QED) is 0.175. The molecular weight excluding hydrogens is 436 g/mol. The second-order valence-corrected chi connectivity index (χ2v) is 7.76. The highest BCUT2D eigenvalue weighted by Gasteiger charge is 2.31.